The Labute approximate surface area is 155 Å². The number of hydrazone groups is 1. The molecule has 1 aliphatic carbocycles. The zero-order chi connectivity index (χ0) is 18.2. The Morgan fingerprint density at radius 3 is 2.46 bits per heavy atom. The van der Waals surface area contributed by atoms with Crippen molar-refractivity contribution >= 4 is 12.1 Å². The number of benzene rings is 2. The van der Waals surface area contributed by atoms with Gasteiger partial charge in [0.25, 0.3) is 0 Å². The largest absolute Gasteiger partial charge is 0.489 e. The lowest BCUT2D eigenvalue weighted by molar-refractivity contribution is -0.125. The number of nitrogens with zero attached hydrogens (tertiary/aromatic N) is 1. The summed E-state index contributed by atoms with van der Waals surface area (Å²) >= 11 is 0. The Kier molecular flexibility index (Phi) is 6.42. The molecule has 1 amide bonds. The van der Waals surface area contributed by atoms with E-state index < -0.39 is 0 Å². The number of ether oxygens (including phenoxy) is 1. The van der Waals surface area contributed by atoms with Crippen LogP contribution in [0.1, 0.15) is 48.8 Å². The summed E-state index contributed by atoms with van der Waals surface area (Å²) in [6.45, 7) is 2.62. The Morgan fingerprint density at radius 1 is 1.08 bits per heavy atom. The fraction of sp³-hybridized carbons (Fsp3) is 0.364. The van der Waals surface area contributed by atoms with Crippen LogP contribution in [0, 0.1) is 12.8 Å². The third-order valence-electron chi connectivity index (χ3n) is 4.77. The molecule has 0 radical (unpaired) electrons. The van der Waals surface area contributed by atoms with Crippen molar-refractivity contribution in [1.29, 1.82) is 0 Å². The van der Waals surface area contributed by atoms with Gasteiger partial charge in [-0.15, -0.1) is 0 Å². The smallest absolute Gasteiger partial charge is 0.243 e. The van der Waals surface area contributed by atoms with Crippen molar-refractivity contribution in [1.82, 2.24) is 5.43 Å². The van der Waals surface area contributed by atoms with Crippen LogP contribution in [0.3, 0.4) is 0 Å². The van der Waals surface area contributed by atoms with Crippen LogP contribution in [0.5, 0.6) is 5.75 Å². The highest BCUT2D eigenvalue weighted by Gasteiger charge is 2.20. The van der Waals surface area contributed by atoms with E-state index in [1.165, 1.54) is 12.0 Å². The summed E-state index contributed by atoms with van der Waals surface area (Å²) in [6, 6.07) is 16.0. The van der Waals surface area contributed by atoms with E-state index >= 15 is 0 Å². The molecule has 0 aliphatic heterocycles. The van der Waals surface area contributed by atoms with Crippen molar-refractivity contribution in [3.05, 3.63) is 65.2 Å². The monoisotopic (exact) mass is 350 g/mol. The lowest BCUT2D eigenvalue weighted by Crippen LogP contribution is -2.28. The van der Waals surface area contributed by atoms with Crippen LogP contribution in [-0.4, -0.2) is 12.1 Å². The van der Waals surface area contributed by atoms with E-state index in [9.17, 15) is 4.79 Å². The van der Waals surface area contributed by atoms with Gasteiger partial charge in [0.15, 0.2) is 0 Å². The maximum absolute atomic E-state index is 12.0. The number of hydrogen-bond acceptors (Lipinski definition) is 3. The third kappa shape index (κ3) is 5.45. The molecule has 0 saturated heterocycles. The summed E-state index contributed by atoms with van der Waals surface area (Å²) in [4.78, 5) is 12.0. The highest BCUT2D eigenvalue weighted by Crippen LogP contribution is 2.23. The first kappa shape index (κ1) is 18.2. The van der Waals surface area contributed by atoms with E-state index in [1.54, 1.807) is 6.21 Å². The molecule has 0 spiro atoms. The Morgan fingerprint density at radius 2 is 1.77 bits per heavy atom. The highest BCUT2D eigenvalue weighted by atomic mass is 16.5. The van der Waals surface area contributed by atoms with Crippen molar-refractivity contribution in [2.24, 2.45) is 11.0 Å². The number of carbonyl (C=O) groups excluding carboxylic acids is 1. The topological polar surface area (TPSA) is 50.7 Å². The van der Waals surface area contributed by atoms with Gasteiger partial charge in [-0.2, -0.15) is 5.10 Å². The minimum absolute atomic E-state index is 0.0407. The SMILES string of the molecule is Cc1ccc(COc2ccc(/C=N\NC(=O)C3CCCCC3)cc2)cc1. The van der Waals surface area contributed by atoms with Gasteiger partial charge in [-0.1, -0.05) is 49.1 Å². The lowest BCUT2D eigenvalue weighted by atomic mass is 9.89. The van der Waals surface area contributed by atoms with Crippen LogP contribution in [0.25, 0.3) is 0 Å². The minimum Gasteiger partial charge on any atom is -0.489 e. The van der Waals surface area contributed by atoms with Crippen LogP contribution in [0.4, 0.5) is 0 Å². The second-order valence-corrected chi connectivity index (χ2v) is 6.91. The average molecular weight is 350 g/mol. The summed E-state index contributed by atoms with van der Waals surface area (Å²) in [5.74, 6) is 0.978. The molecular formula is C22H26N2O2. The first-order valence-corrected chi connectivity index (χ1v) is 9.32. The number of amides is 1. The van der Waals surface area contributed by atoms with E-state index in [4.69, 9.17) is 4.74 Å². The van der Waals surface area contributed by atoms with Gasteiger partial charge >= 0.3 is 0 Å². The number of hydrogen-bond donors (Lipinski definition) is 1. The molecule has 1 N–H and O–H groups in total. The molecule has 4 heteroatoms. The molecule has 26 heavy (non-hydrogen) atoms. The van der Waals surface area contributed by atoms with Gasteiger partial charge in [0.2, 0.25) is 5.91 Å². The van der Waals surface area contributed by atoms with Crippen LogP contribution in [0.15, 0.2) is 53.6 Å². The van der Waals surface area contributed by atoms with Crippen molar-refractivity contribution in [2.75, 3.05) is 0 Å². The van der Waals surface area contributed by atoms with E-state index in [-0.39, 0.29) is 11.8 Å². The minimum atomic E-state index is 0.0407. The molecule has 4 nitrogen and oxygen atoms in total. The molecule has 2 aromatic carbocycles. The third-order valence-corrected chi connectivity index (χ3v) is 4.77. The van der Waals surface area contributed by atoms with Crippen molar-refractivity contribution in [3.8, 4) is 5.75 Å². The average Bonchev–Trinajstić information content (AvgIpc) is 2.69. The van der Waals surface area contributed by atoms with Crippen molar-refractivity contribution in [3.63, 3.8) is 0 Å². The van der Waals surface area contributed by atoms with Crippen molar-refractivity contribution in [2.45, 2.75) is 45.6 Å². The normalized spacial score (nSPS) is 15.1. The second-order valence-electron chi connectivity index (χ2n) is 6.91. The van der Waals surface area contributed by atoms with E-state index in [0.717, 1.165) is 42.6 Å². The predicted molar refractivity (Wildman–Crippen MR) is 104 cm³/mol. The molecule has 1 aliphatic rings. The van der Waals surface area contributed by atoms with E-state index in [1.807, 2.05) is 24.3 Å². The number of aryl methyl sites for hydroxylation is 1. The van der Waals surface area contributed by atoms with E-state index in [0.29, 0.717) is 6.61 Å². The molecule has 0 unspecified atom stereocenters. The zero-order valence-electron chi connectivity index (χ0n) is 15.3. The van der Waals surface area contributed by atoms with Gasteiger partial charge < -0.3 is 4.74 Å². The van der Waals surface area contributed by atoms with Crippen LogP contribution in [-0.2, 0) is 11.4 Å². The molecule has 0 bridgehead atoms. The number of nitrogens with one attached hydrogen (secondary N) is 1. The summed E-state index contributed by atoms with van der Waals surface area (Å²) in [7, 11) is 0. The van der Waals surface area contributed by atoms with Gasteiger partial charge in [0.05, 0.1) is 6.21 Å². The zero-order valence-corrected chi connectivity index (χ0v) is 15.3. The predicted octanol–water partition coefficient (Wildman–Crippen LogP) is 4.60. The Balaban J connectivity index is 1.46. The fourth-order valence-corrected chi connectivity index (χ4v) is 3.13. The summed E-state index contributed by atoms with van der Waals surface area (Å²) < 4.78 is 5.79. The van der Waals surface area contributed by atoms with Gasteiger partial charge in [-0.25, -0.2) is 5.43 Å². The maximum atomic E-state index is 12.0. The molecule has 1 fully saturated rings. The number of rotatable bonds is 6. The highest BCUT2D eigenvalue weighted by molar-refractivity contribution is 5.83. The van der Waals surface area contributed by atoms with Crippen LogP contribution in [0.2, 0.25) is 0 Å². The van der Waals surface area contributed by atoms with E-state index in [2.05, 4.69) is 41.7 Å². The molecule has 0 atom stereocenters. The van der Waals surface area contributed by atoms with Crippen molar-refractivity contribution < 1.29 is 9.53 Å². The summed E-state index contributed by atoms with van der Waals surface area (Å²) in [5, 5.41) is 4.08. The summed E-state index contributed by atoms with van der Waals surface area (Å²) in [6.07, 6.45) is 7.16. The van der Waals surface area contributed by atoms with Gasteiger partial charge in [0.1, 0.15) is 12.4 Å². The second kappa shape index (κ2) is 9.18. The van der Waals surface area contributed by atoms with Gasteiger partial charge in [-0.3, -0.25) is 4.79 Å². The molecule has 1 saturated carbocycles. The molecule has 0 heterocycles. The Bertz CT molecular complexity index is 730. The van der Waals surface area contributed by atoms with Crippen LogP contribution < -0.4 is 10.2 Å². The quantitative estimate of drug-likeness (QED) is 0.611. The molecule has 2 aromatic rings. The van der Waals surface area contributed by atoms with Crippen LogP contribution >= 0.6 is 0 Å². The summed E-state index contributed by atoms with van der Waals surface area (Å²) in [5.41, 5.74) is 5.98. The Hall–Kier alpha value is -2.62. The fourth-order valence-electron chi connectivity index (χ4n) is 3.13. The lowest BCUT2D eigenvalue weighted by Gasteiger charge is -2.19. The molecule has 0 aromatic heterocycles. The molecular weight excluding hydrogens is 324 g/mol. The molecule has 3 rings (SSSR count). The number of carbonyl (C=O) groups is 1. The first-order chi connectivity index (χ1) is 12.7. The van der Waals surface area contributed by atoms with Gasteiger partial charge in [-0.05, 0) is 55.2 Å². The standard InChI is InChI=1S/C22H26N2O2/c1-17-7-9-19(10-8-17)16-26-21-13-11-18(12-14-21)15-23-24-22(25)20-5-3-2-4-6-20/h7-15,20H,2-6,16H2,1H3,(H,24,25)/b23-15-. The first-order valence-electron chi connectivity index (χ1n) is 9.32. The van der Waals surface area contributed by atoms with Gasteiger partial charge in [0, 0.05) is 5.92 Å². The molecule has 136 valence electrons. The maximum Gasteiger partial charge on any atom is 0.243 e.